The van der Waals surface area contributed by atoms with Crippen molar-refractivity contribution in [2.75, 3.05) is 6.54 Å². The van der Waals surface area contributed by atoms with Crippen LogP contribution in [0.3, 0.4) is 0 Å². The molecule has 2 aromatic rings. The van der Waals surface area contributed by atoms with Gasteiger partial charge in [0, 0.05) is 0 Å². The maximum Gasteiger partial charge on any atom is 0.287 e. The first-order valence-electron chi connectivity index (χ1n) is 6.35. The number of carbonyl (C=O) groups excluding carboxylic acids is 2. The fraction of sp³-hybridized carbons (Fsp3) is 0.133. The molecule has 0 bridgehead atoms. The van der Waals surface area contributed by atoms with Crippen molar-refractivity contribution in [2.45, 2.75) is 6.92 Å². The molecule has 0 spiro atoms. The van der Waals surface area contributed by atoms with E-state index in [1.54, 1.807) is 6.07 Å². The molecular formula is C15H15N3O3. The summed E-state index contributed by atoms with van der Waals surface area (Å²) in [6, 6.07) is 10.8. The molecular weight excluding hydrogens is 270 g/mol. The minimum Gasteiger partial charge on any atom is -0.459 e. The van der Waals surface area contributed by atoms with Gasteiger partial charge in [-0.25, -0.2) is 5.43 Å². The van der Waals surface area contributed by atoms with Crippen LogP contribution >= 0.6 is 0 Å². The molecule has 6 heteroatoms. The molecule has 2 N–H and O–H groups in total. The topological polar surface area (TPSA) is 83.7 Å². The van der Waals surface area contributed by atoms with Crippen molar-refractivity contribution >= 4 is 18.0 Å². The molecule has 0 aliphatic heterocycles. The van der Waals surface area contributed by atoms with Gasteiger partial charge in [-0.1, -0.05) is 29.8 Å². The van der Waals surface area contributed by atoms with Gasteiger partial charge < -0.3 is 9.73 Å². The summed E-state index contributed by atoms with van der Waals surface area (Å²) in [6.07, 6.45) is 2.92. The summed E-state index contributed by atoms with van der Waals surface area (Å²) in [7, 11) is 0. The molecule has 21 heavy (non-hydrogen) atoms. The third-order valence-corrected chi connectivity index (χ3v) is 2.63. The highest BCUT2D eigenvalue weighted by Gasteiger charge is 2.09. The van der Waals surface area contributed by atoms with E-state index in [2.05, 4.69) is 15.8 Å². The summed E-state index contributed by atoms with van der Waals surface area (Å²) in [5, 5.41) is 6.23. The van der Waals surface area contributed by atoms with Gasteiger partial charge in [0.15, 0.2) is 5.76 Å². The van der Waals surface area contributed by atoms with Crippen LogP contribution in [0.15, 0.2) is 52.2 Å². The molecule has 0 unspecified atom stereocenters. The lowest BCUT2D eigenvalue weighted by atomic mass is 10.2. The fourth-order valence-corrected chi connectivity index (χ4v) is 1.53. The summed E-state index contributed by atoms with van der Waals surface area (Å²) in [6.45, 7) is 1.81. The lowest BCUT2D eigenvalue weighted by Crippen LogP contribution is -2.34. The van der Waals surface area contributed by atoms with Crippen molar-refractivity contribution in [3.8, 4) is 0 Å². The van der Waals surface area contributed by atoms with Crippen LogP contribution in [-0.2, 0) is 4.79 Å². The number of rotatable bonds is 5. The first-order valence-corrected chi connectivity index (χ1v) is 6.35. The average Bonchev–Trinajstić information content (AvgIpc) is 3.01. The van der Waals surface area contributed by atoms with Gasteiger partial charge in [-0.05, 0) is 24.6 Å². The zero-order chi connectivity index (χ0) is 15.1. The highest BCUT2D eigenvalue weighted by Crippen LogP contribution is 2.00. The first-order chi connectivity index (χ1) is 10.1. The van der Waals surface area contributed by atoms with Crippen LogP contribution in [0, 0.1) is 6.92 Å². The molecule has 0 aliphatic rings. The van der Waals surface area contributed by atoms with Crippen molar-refractivity contribution in [3.63, 3.8) is 0 Å². The van der Waals surface area contributed by atoms with Crippen molar-refractivity contribution < 1.29 is 14.0 Å². The molecule has 0 saturated heterocycles. The number of hydrogen-bond donors (Lipinski definition) is 2. The second kappa shape index (κ2) is 7.04. The van der Waals surface area contributed by atoms with E-state index in [1.807, 2.05) is 31.2 Å². The Hall–Kier alpha value is -2.89. The summed E-state index contributed by atoms with van der Waals surface area (Å²) < 4.78 is 4.90. The molecule has 1 aromatic carbocycles. The SMILES string of the molecule is Cc1ccc(/C=N/NC(=O)CNC(=O)c2ccco2)cc1. The van der Waals surface area contributed by atoms with Crippen molar-refractivity contribution in [2.24, 2.45) is 5.10 Å². The van der Waals surface area contributed by atoms with Crippen LogP contribution in [0.25, 0.3) is 0 Å². The van der Waals surface area contributed by atoms with Crippen molar-refractivity contribution in [3.05, 3.63) is 59.5 Å². The number of benzene rings is 1. The van der Waals surface area contributed by atoms with E-state index in [-0.39, 0.29) is 12.3 Å². The van der Waals surface area contributed by atoms with Crippen LogP contribution in [0.1, 0.15) is 21.7 Å². The minimum absolute atomic E-state index is 0.158. The van der Waals surface area contributed by atoms with E-state index >= 15 is 0 Å². The molecule has 2 rings (SSSR count). The second-order valence-electron chi connectivity index (χ2n) is 4.36. The Kier molecular flexibility index (Phi) is 4.87. The smallest absolute Gasteiger partial charge is 0.287 e. The predicted molar refractivity (Wildman–Crippen MR) is 78.0 cm³/mol. The lowest BCUT2D eigenvalue weighted by molar-refractivity contribution is -0.120. The van der Waals surface area contributed by atoms with Crippen LogP contribution < -0.4 is 10.7 Å². The Balaban J connectivity index is 1.74. The quantitative estimate of drug-likeness (QED) is 0.644. The van der Waals surface area contributed by atoms with Gasteiger partial charge in [0.2, 0.25) is 0 Å². The summed E-state index contributed by atoms with van der Waals surface area (Å²) in [4.78, 5) is 23.0. The molecule has 0 saturated carbocycles. The second-order valence-corrected chi connectivity index (χ2v) is 4.36. The van der Waals surface area contributed by atoms with Crippen LogP contribution in [0.5, 0.6) is 0 Å². The van der Waals surface area contributed by atoms with E-state index in [0.717, 1.165) is 11.1 Å². The highest BCUT2D eigenvalue weighted by atomic mass is 16.3. The van der Waals surface area contributed by atoms with Crippen molar-refractivity contribution in [1.29, 1.82) is 0 Å². The number of nitrogens with one attached hydrogen (secondary N) is 2. The van der Waals surface area contributed by atoms with E-state index in [9.17, 15) is 9.59 Å². The summed E-state index contributed by atoms with van der Waals surface area (Å²) in [5.74, 6) is -0.707. The van der Waals surface area contributed by atoms with Crippen molar-refractivity contribution in [1.82, 2.24) is 10.7 Å². The van der Waals surface area contributed by atoms with Gasteiger partial charge in [0.25, 0.3) is 11.8 Å². The standard InChI is InChI=1S/C15H15N3O3/c1-11-4-6-12(7-5-11)9-17-18-14(19)10-16-15(20)13-3-2-8-21-13/h2-9H,10H2,1H3,(H,16,20)(H,18,19)/b17-9+. The van der Waals surface area contributed by atoms with Crippen LogP contribution in [-0.4, -0.2) is 24.6 Å². The van der Waals surface area contributed by atoms with Gasteiger partial charge in [0.05, 0.1) is 19.0 Å². The predicted octanol–water partition coefficient (Wildman–Crippen LogP) is 1.47. The van der Waals surface area contributed by atoms with E-state index < -0.39 is 11.8 Å². The van der Waals surface area contributed by atoms with Gasteiger partial charge in [-0.2, -0.15) is 5.10 Å². The fourth-order valence-electron chi connectivity index (χ4n) is 1.53. The molecule has 1 aromatic heterocycles. The van der Waals surface area contributed by atoms with E-state index in [1.165, 1.54) is 18.5 Å². The average molecular weight is 285 g/mol. The molecule has 108 valence electrons. The molecule has 0 atom stereocenters. The minimum atomic E-state index is -0.447. The number of hydrazone groups is 1. The molecule has 2 amide bonds. The lowest BCUT2D eigenvalue weighted by Gasteiger charge is -2.01. The van der Waals surface area contributed by atoms with Gasteiger partial charge >= 0.3 is 0 Å². The third kappa shape index (κ3) is 4.61. The Morgan fingerprint density at radius 1 is 1.24 bits per heavy atom. The molecule has 0 radical (unpaired) electrons. The molecule has 0 aliphatic carbocycles. The van der Waals surface area contributed by atoms with Gasteiger partial charge in [-0.3, -0.25) is 9.59 Å². The molecule has 6 nitrogen and oxygen atoms in total. The number of nitrogens with zero attached hydrogens (tertiary/aromatic N) is 1. The zero-order valence-corrected chi connectivity index (χ0v) is 11.5. The van der Waals surface area contributed by atoms with Gasteiger partial charge in [-0.15, -0.1) is 0 Å². The summed E-state index contributed by atoms with van der Waals surface area (Å²) >= 11 is 0. The van der Waals surface area contributed by atoms with Crippen LogP contribution in [0.4, 0.5) is 0 Å². The Morgan fingerprint density at radius 3 is 2.67 bits per heavy atom. The third-order valence-electron chi connectivity index (χ3n) is 2.63. The number of hydrogen-bond acceptors (Lipinski definition) is 4. The van der Waals surface area contributed by atoms with Gasteiger partial charge in [0.1, 0.15) is 0 Å². The number of aryl methyl sites for hydroxylation is 1. The maximum atomic E-state index is 11.5. The molecule has 1 heterocycles. The largest absolute Gasteiger partial charge is 0.459 e. The van der Waals surface area contributed by atoms with Crippen LogP contribution in [0.2, 0.25) is 0 Å². The maximum absolute atomic E-state index is 11.5. The highest BCUT2D eigenvalue weighted by molar-refractivity contribution is 5.94. The number of amides is 2. The Bertz CT molecular complexity index is 631. The number of carbonyl (C=O) groups is 2. The number of furan rings is 1. The normalized spacial score (nSPS) is 10.5. The monoisotopic (exact) mass is 285 g/mol. The Morgan fingerprint density at radius 2 is 2.00 bits per heavy atom. The Labute approximate surface area is 121 Å². The van der Waals surface area contributed by atoms with E-state index in [0.29, 0.717) is 0 Å². The molecule has 0 fully saturated rings. The first kappa shape index (κ1) is 14.5. The van der Waals surface area contributed by atoms with E-state index in [4.69, 9.17) is 4.42 Å². The summed E-state index contributed by atoms with van der Waals surface area (Å²) in [5.41, 5.74) is 4.36. The zero-order valence-electron chi connectivity index (χ0n) is 11.5.